The van der Waals surface area contributed by atoms with Gasteiger partial charge in [-0.3, -0.25) is 4.98 Å². The molecular weight excluding hydrogens is 265 g/mol. The third kappa shape index (κ3) is 2.54. The Bertz CT molecular complexity index is 534. The van der Waals surface area contributed by atoms with Gasteiger partial charge in [0.15, 0.2) is 5.15 Å². The molecule has 0 radical (unpaired) electrons. The van der Waals surface area contributed by atoms with E-state index in [9.17, 15) is 4.39 Å². The maximum absolute atomic E-state index is 13.0. The first-order valence-electron chi connectivity index (χ1n) is 4.71. The van der Waals surface area contributed by atoms with Gasteiger partial charge in [0.25, 0.3) is 0 Å². The Morgan fingerprint density at radius 3 is 2.94 bits per heavy atom. The molecule has 2 aromatic heterocycles. The molecule has 2 heterocycles. The summed E-state index contributed by atoms with van der Waals surface area (Å²) >= 11 is 7.21. The van der Waals surface area contributed by atoms with Gasteiger partial charge in [-0.1, -0.05) is 22.9 Å². The molecule has 0 aliphatic carbocycles. The van der Waals surface area contributed by atoms with Crippen LogP contribution in [-0.4, -0.2) is 28.9 Å². The zero-order valence-electron chi connectivity index (χ0n) is 8.89. The van der Waals surface area contributed by atoms with Gasteiger partial charge in [-0.15, -0.1) is 0 Å². The van der Waals surface area contributed by atoms with Crippen LogP contribution in [0.5, 0.6) is 0 Å². The highest BCUT2D eigenvalue weighted by Crippen LogP contribution is 2.36. The number of rotatable bonds is 3. The number of halogens is 2. The first-order valence-corrected chi connectivity index (χ1v) is 5.90. The fourth-order valence-electron chi connectivity index (χ4n) is 1.25. The molecule has 0 spiro atoms. The van der Waals surface area contributed by atoms with Crippen molar-refractivity contribution in [2.45, 2.75) is 0 Å². The molecule has 0 unspecified atom stereocenters. The summed E-state index contributed by atoms with van der Waals surface area (Å²) in [4.78, 5) is 9.42. The number of nitrogens with zero attached hydrogens (tertiary/aromatic N) is 3. The molecule has 0 bridgehead atoms. The Kier molecular flexibility index (Phi) is 3.56. The highest BCUT2D eigenvalue weighted by Gasteiger charge is 2.14. The van der Waals surface area contributed by atoms with Crippen molar-refractivity contribution in [2.24, 2.45) is 0 Å². The highest BCUT2D eigenvalue weighted by molar-refractivity contribution is 7.19. The Labute approximate surface area is 106 Å². The van der Waals surface area contributed by atoms with Crippen LogP contribution >= 0.6 is 22.9 Å². The van der Waals surface area contributed by atoms with Crippen molar-refractivity contribution in [1.82, 2.24) is 9.97 Å². The van der Waals surface area contributed by atoms with Crippen LogP contribution in [0.1, 0.15) is 0 Å². The van der Waals surface area contributed by atoms with Crippen molar-refractivity contribution < 1.29 is 9.50 Å². The van der Waals surface area contributed by atoms with E-state index in [2.05, 4.69) is 9.97 Å². The average molecular weight is 274 g/mol. The van der Waals surface area contributed by atoms with E-state index in [0.717, 1.165) is 6.20 Å². The lowest BCUT2D eigenvalue weighted by Crippen LogP contribution is -2.16. The van der Waals surface area contributed by atoms with E-state index in [4.69, 9.17) is 16.7 Å². The van der Waals surface area contributed by atoms with Crippen LogP contribution in [-0.2, 0) is 0 Å². The van der Waals surface area contributed by atoms with Crippen molar-refractivity contribution in [1.29, 1.82) is 0 Å². The average Bonchev–Trinajstić information content (AvgIpc) is 2.70. The highest BCUT2D eigenvalue weighted by atomic mass is 35.5. The lowest BCUT2D eigenvalue weighted by atomic mass is 10.3. The van der Waals surface area contributed by atoms with Gasteiger partial charge in [0.1, 0.15) is 22.6 Å². The zero-order chi connectivity index (χ0) is 12.4. The second-order valence-electron chi connectivity index (χ2n) is 3.35. The van der Waals surface area contributed by atoms with Gasteiger partial charge in [0.05, 0.1) is 6.20 Å². The zero-order valence-corrected chi connectivity index (χ0v) is 10.5. The smallest absolute Gasteiger partial charge is 0.164 e. The minimum atomic E-state index is -0.425. The summed E-state index contributed by atoms with van der Waals surface area (Å²) in [7, 11) is 1.69. The molecule has 7 heteroatoms. The van der Waals surface area contributed by atoms with E-state index in [0.29, 0.717) is 15.6 Å². The third-order valence-electron chi connectivity index (χ3n) is 2.08. The summed E-state index contributed by atoms with van der Waals surface area (Å²) in [6.07, 6.45) is 2.64. The predicted molar refractivity (Wildman–Crippen MR) is 65.8 cm³/mol. The maximum Gasteiger partial charge on any atom is 0.164 e. The van der Waals surface area contributed by atoms with Crippen LogP contribution in [0, 0.1) is 5.82 Å². The molecule has 0 saturated heterocycles. The molecule has 0 aromatic carbocycles. The van der Waals surface area contributed by atoms with Gasteiger partial charge in [0.2, 0.25) is 0 Å². The van der Waals surface area contributed by atoms with Crippen LogP contribution in [0.2, 0.25) is 5.15 Å². The number of anilines is 1. The molecule has 90 valence electrons. The molecular formula is C10H9ClFN3OS. The van der Waals surface area contributed by atoms with Crippen molar-refractivity contribution in [3.63, 3.8) is 0 Å². The first-order chi connectivity index (χ1) is 8.11. The summed E-state index contributed by atoms with van der Waals surface area (Å²) in [6, 6.07) is 1.34. The minimum Gasteiger partial charge on any atom is -0.376 e. The standard InChI is InChI=1S/C10H9ClFN3OS/c1-15(5-16)10-8(11)14-9(17-10)6-2-7(12)4-13-3-6/h2-4,16H,5H2,1H3. The summed E-state index contributed by atoms with van der Waals surface area (Å²) in [6.45, 7) is -0.164. The second kappa shape index (κ2) is 4.95. The summed E-state index contributed by atoms with van der Waals surface area (Å²) in [5.41, 5.74) is 0.564. The topological polar surface area (TPSA) is 49.2 Å². The van der Waals surface area contributed by atoms with Gasteiger partial charge < -0.3 is 10.0 Å². The van der Waals surface area contributed by atoms with Crippen molar-refractivity contribution >= 4 is 27.9 Å². The van der Waals surface area contributed by atoms with Gasteiger partial charge >= 0.3 is 0 Å². The Morgan fingerprint density at radius 1 is 1.53 bits per heavy atom. The van der Waals surface area contributed by atoms with E-state index < -0.39 is 5.82 Å². The van der Waals surface area contributed by atoms with Crippen molar-refractivity contribution in [2.75, 3.05) is 18.7 Å². The van der Waals surface area contributed by atoms with Crippen LogP contribution in [0.25, 0.3) is 10.6 Å². The first kappa shape index (κ1) is 12.2. The van der Waals surface area contributed by atoms with E-state index in [1.807, 2.05) is 0 Å². The second-order valence-corrected chi connectivity index (χ2v) is 4.68. The molecule has 0 saturated carbocycles. The summed E-state index contributed by atoms with van der Waals surface area (Å²) < 4.78 is 13.0. The maximum atomic E-state index is 13.0. The molecule has 4 nitrogen and oxygen atoms in total. The predicted octanol–water partition coefficient (Wildman–Crippen LogP) is 2.38. The lowest BCUT2D eigenvalue weighted by Gasteiger charge is -2.11. The van der Waals surface area contributed by atoms with E-state index in [1.54, 1.807) is 11.9 Å². The van der Waals surface area contributed by atoms with Crippen LogP contribution in [0.15, 0.2) is 18.5 Å². The molecule has 0 aliphatic rings. The Hall–Kier alpha value is -1.24. The largest absolute Gasteiger partial charge is 0.376 e. The van der Waals surface area contributed by atoms with Crippen LogP contribution in [0.3, 0.4) is 0 Å². The molecule has 0 fully saturated rings. The van der Waals surface area contributed by atoms with Crippen LogP contribution in [0.4, 0.5) is 9.39 Å². The van der Waals surface area contributed by atoms with Crippen LogP contribution < -0.4 is 4.90 Å². The molecule has 17 heavy (non-hydrogen) atoms. The molecule has 2 rings (SSSR count). The number of thiazole rings is 1. The van der Waals surface area contributed by atoms with Crippen molar-refractivity contribution in [3.8, 4) is 10.6 Å². The lowest BCUT2D eigenvalue weighted by molar-refractivity contribution is 0.299. The number of pyridine rings is 1. The number of aliphatic hydroxyl groups excluding tert-OH is 1. The molecule has 1 N–H and O–H groups in total. The molecule has 0 aliphatic heterocycles. The van der Waals surface area contributed by atoms with E-state index >= 15 is 0 Å². The van der Waals surface area contributed by atoms with Gasteiger partial charge in [-0.25, -0.2) is 9.37 Å². The van der Waals surface area contributed by atoms with Crippen molar-refractivity contribution in [3.05, 3.63) is 29.4 Å². The Morgan fingerprint density at radius 2 is 2.29 bits per heavy atom. The van der Waals surface area contributed by atoms with Gasteiger partial charge in [0, 0.05) is 18.8 Å². The monoisotopic (exact) mass is 273 g/mol. The normalized spacial score (nSPS) is 10.6. The summed E-state index contributed by atoms with van der Waals surface area (Å²) in [5, 5.41) is 10.5. The minimum absolute atomic E-state index is 0.164. The fourth-order valence-corrected chi connectivity index (χ4v) is 2.53. The number of hydrogen-bond acceptors (Lipinski definition) is 5. The van der Waals surface area contributed by atoms with E-state index in [-0.39, 0.29) is 11.9 Å². The molecule has 0 amide bonds. The molecule has 2 aromatic rings. The van der Waals surface area contributed by atoms with Gasteiger partial charge in [-0.05, 0) is 6.07 Å². The van der Waals surface area contributed by atoms with E-state index in [1.165, 1.54) is 23.6 Å². The van der Waals surface area contributed by atoms with Gasteiger partial charge in [-0.2, -0.15) is 0 Å². The number of aliphatic hydroxyl groups is 1. The summed E-state index contributed by atoms with van der Waals surface area (Å²) in [5.74, 6) is -0.425. The quantitative estimate of drug-likeness (QED) is 0.873. The third-order valence-corrected chi connectivity index (χ3v) is 3.67. The fraction of sp³-hybridized carbons (Fsp3) is 0.200. The molecule has 0 atom stereocenters. The number of hydrogen-bond donors (Lipinski definition) is 1. The SMILES string of the molecule is CN(CO)c1sc(-c2cncc(F)c2)nc1Cl. The number of aromatic nitrogens is 2. The Balaban J connectivity index is 2.41.